The van der Waals surface area contributed by atoms with Crippen LogP contribution in [-0.4, -0.2) is 5.60 Å². The highest BCUT2D eigenvalue weighted by molar-refractivity contribution is 5.52. The molecule has 1 spiro atoms. The van der Waals surface area contributed by atoms with Crippen LogP contribution in [0.1, 0.15) is 54.8 Å². The second-order valence-electron chi connectivity index (χ2n) is 7.23. The van der Waals surface area contributed by atoms with Crippen molar-refractivity contribution in [3.8, 4) is 5.75 Å². The Labute approximate surface area is 138 Å². The van der Waals surface area contributed by atoms with E-state index in [9.17, 15) is 0 Å². The maximum Gasteiger partial charge on any atom is 0.125 e. The molecule has 1 heterocycles. The van der Waals surface area contributed by atoms with Crippen molar-refractivity contribution in [1.82, 2.24) is 0 Å². The van der Waals surface area contributed by atoms with Gasteiger partial charge in [0.25, 0.3) is 0 Å². The Bertz CT molecular complexity index is 716. The summed E-state index contributed by atoms with van der Waals surface area (Å²) in [6.45, 7) is 4.34. The van der Waals surface area contributed by atoms with Gasteiger partial charge in [-0.3, -0.25) is 0 Å². The van der Waals surface area contributed by atoms with Gasteiger partial charge < -0.3 is 10.1 Å². The van der Waals surface area contributed by atoms with Crippen LogP contribution in [0.3, 0.4) is 0 Å². The molecule has 0 aromatic heterocycles. The molecular formula is C21H25NO. The summed E-state index contributed by atoms with van der Waals surface area (Å²) in [7, 11) is 0. The van der Waals surface area contributed by atoms with Crippen LogP contribution in [0.15, 0.2) is 42.5 Å². The van der Waals surface area contributed by atoms with E-state index in [-0.39, 0.29) is 5.60 Å². The molecule has 1 aliphatic heterocycles. The molecule has 2 nitrogen and oxygen atoms in total. The van der Waals surface area contributed by atoms with Gasteiger partial charge in [-0.15, -0.1) is 0 Å². The molecule has 1 unspecified atom stereocenters. The van der Waals surface area contributed by atoms with Crippen molar-refractivity contribution in [3.05, 3.63) is 59.2 Å². The molecule has 0 saturated heterocycles. The fourth-order valence-corrected chi connectivity index (χ4v) is 4.10. The Morgan fingerprint density at radius 3 is 2.57 bits per heavy atom. The number of hydrogen-bond acceptors (Lipinski definition) is 2. The lowest BCUT2D eigenvalue weighted by molar-refractivity contribution is 0.0453. The smallest absolute Gasteiger partial charge is 0.125 e. The molecule has 2 heteroatoms. The fourth-order valence-electron chi connectivity index (χ4n) is 4.10. The van der Waals surface area contributed by atoms with Gasteiger partial charge in [-0.1, -0.05) is 24.3 Å². The summed E-state index contributed by atoms with van der Waals surface area (Å²) in [6, 6.07) is 15.5. The van der Waals surface area contributed by atoms with E-state index in [0.717, 1.165) is 12.2 Å². The van der Waals surface area contributed by atoms with Crippen LogP contribution in [0.5, 0.6) is 5.75 Å². The first kappa shape index (κ1) is 14.6. The maximum atomic E-state index is 6.45. The molecule has 1 saturated carbocycles. The molecule has 0 bridgehead atoms. The van der Waals surface area contributed by atoms with Crippen LogP contribution in [0.2, 0.25) is 0 Å². The predicted octanol–water partition coefficient (Wildman–Crippen LogP) is 5.55. The minimum atomic E-state index is 0.0474. The number of fused-ring (bicyclic) bond motifs is 1. The standard InChI is InChI=1S/C21H25NO/c1-15-9-10-17(13-16(15)2)22-19-14-21(11-5-6-12-21)23-20-8-4-3-7-18(19)20/h3-4,7-10,13,19,22H,5-6,11-12,14H2,1-2H3. The third-order valence-corrected chi connectivity index (χ3v) is 5.56. The zero-order chi connectivity index (χ0) is 15.9. The molecule has 0 radical (unpaired) electrons. The summed E-state index contributed by atoms with van der Waals surface area (Å²) < 4.78 is 6.45. The van der Waals surface area contributed by atoms with E-state index < -0.39 is 0 Å². The van der Waals surface area contributed by atoms with Crippen LogP contribution >= 0.6 is 0 Å². The van der Waals surface area contributed by atoms with Crippen molar-refractivity contribution in [2.45, 2.75) is 57.6 Å². The topological polar surface area (TPSA) is 21.3 Å². The molecule has 1 fully saturated rings. The zero-order valence-electron chi connectivity index (χ0n) is 14.1. The molecule has 0 amide bonds. The number of aryl methyl sites for hydroxylation is 2. The number of nitrogens with one attached hydrogen (secondary N) is 1. The molecule has 1 N–H and O–H groups in total. The Kier molecular flexibility index (Phi) is 3.56. The van der Waals surface area contributed by atoms with Gasteiger partial charge >= 0.3 is 0 Å². The van der Waals surface area contributed by atoms with Gasteiger partial charge in [0.05, 0.1) is 6.04 Å². The molecule has 1 aliphatic carbocycles. The normalized spacial score (nSPS) is 21.7. The van der Waals surface area contributed by atoms with Gasteiger partial charge in [0.2, 0.25) is 0 Å². The quantitative estimate of drug-likeness (QED) is 0.785. The van der Waals surface area contributed by atoms with Crippen molar-refractivity contribution >= 4 is 5.69 Å². The molecule has 4 rings (SSSR count). The van der Waals surface area contributed by atoms with Crippen LogP contribution in [-0.2, 0) is 0 Å². The van der Waals surface area contributed by atoms with Crippen molar-refractivity contribution in [2.24, 2.45) is 0 Å². The lowest BCUT2D eigenvalue weighted by Gasteiger charge is -2.40. The van der Waals surface area contributed by atoms with Crippen molar-refractivity contribution in [3.63, 3.8) is 0 Å². The number of ether oxygens (including phenoxy) is 1. The first-order chi connectivity index (χ1) is 11.2. The monoisotopic (exact) mass is 307 g/mol. The summed E-state index contributed by atoms with van der Waals surface area (Å²) in [4.78, 5) is 0. The van der Waals surface area contributed by atoms with Gasteiger partial charge in [0, 0.05) is 17.7 Å². The Morgan fingerprint density at radius 1 is 1.00 bits per heavy atom. The second-order valence-corrected chi connectivity index (χ2v) is 7.23. The Morgan fingerprint density at radius 2 is 1.78 bits per heavy atom. The third kappa shape index (κ3) is 2.71. The SMILES string of the molecule is Cc1ccc(NC2CC3(CCCC3)Oc3ccccc32)cc1C. The van der Waals surface area contributed by atoms with Crippen molar-refractivity contribution in [1.29, 1.82) is 0 Å². The van der Waals surface area contributed by atoms with E-state index in [1.165, 1.54) is 48.1 Å². The van der Waals surface area contributed by atoms with E-state index in [4.69, 9.17) is 4.74 Å². The number of rotatable bonds is 2. The number of anilines is 1. The molecule has 2 aliphatic rings. The zero-order valence-corrected chi connectivity index (χ0v) is 14.1. The van der Waals surface area contributed by atoms with Gasteiger partial charge in [0.1, 0.15) is 11.4 Å². The summed E-state index contributed by atoms with van der Waals surface area (Å²) in [5.74, 6) is 1.07. The number of para-hydroxylation sites is 1. The molecule has 120 valence electrons. The lowest BCUT2D eigenvalue weighted by Crippen LogP contribution is -2.40. The minimum Gasteiger partial charge on any atom is -0.487 e. The van der Waals surface area contributed by atoms with Crippen LogP contribution in [0.25, 0.3) is 0 Å². The summed E-state index contributed by atoms with van der Waals surface area (Å²) in [5.41, 5.74) is 5.23. The Hall–Kier alpha value is -1.96. The van der Waals surface area contributed by atoms with Crippen LogP contribution in [0, 0.1) is 13.8 Å². The third-order valence-electron chi connectivity index (χ3n) is 5.56. The van der Waals surface area contributed by atoms with Crippen molar-refractivity contribution in [2.75, 3.05) is 5.32 Å². The molecular weight excluding hydrogens is 282 g/mol. The highest BCUT2D eigenvalue weighted by Gasteiger charge is 2.42. The van der Waals surface area contributed by atoms with E-state index in [0.29, 0.717) is 6.04 Å². The number of hydrogen-bond donors (Lipinski definition) is 1. The molecule has 1 atom stereocenters. The van der Waals surface area contributed by atoms with Gasteiger partial charge in [-0.05, 0) is 68.9 Å². The van der Waals surface area contributed by atoms with Crippen molar-refractivity contribution < 1.29 is 4.74 Å². The fraction of sp³-hybridized carbons (Fsp3) is 0.429. The minimum absolute atomic E-state index is 0.0474. The van der Waals surface area contributed by atoms with Gasteiger partial charge in [-0.2, -0.15) is 0 Å². The molecule has 2 aromatic rings. The average Bonchev–Trinajstić information content (AvgIpc) is 2.98. The van der Waals surface area contributed by atoms with E-state index in [2.05, 4.69) is 61.6 Å². The summed E-state index contributed by atoms with van der Waals surface area (Å²) >= 11 is 0. The highest BCUT2D eigenvalue weighted by Crippen LogP contribution is 2.47. The maximum absolute atomic E-state index is 6.45. The predicted molar refractivity (Wildman–Crippen MR) is 95.2 cm³/mol. The van der Waals surface area contributed by atoms with E-state index in [1.807, 2.05) is 0 Å². The summed E-state index contributed by atoms with van der Waals surface area (Å²) in [6.07, 6.45) is 6.02. The molecule has 23 heavy (non-hydrogen) atoms. The average molecular weight is 307 g/mol. The first-order valence-corrected chi connectivity index (χ1v) is 8.77. The number of benzene rings is 2. The van der Waals surface area contributed by atoms with Crippen LogP contribution < -0.4 is 10.1 Å². The van der Waals surface area contributed by atoms with Gasteiger partial charge in [-0.25, -0.2) is 0 Å². The first-order valence-electron chi connectivity index (χ1n) is 8.77. The molecule has 2 aromatic carbocycles. The van der Waals surface area contributed by atoms with Gasteiger partial charge in [0.15, 0.2) is 0 Å². The van der Waals surface area contributed by atoms with E-state index >= 15 is 0 Å². The summed E-state index contributed by atoms with van der Waals surface area (Å²) in [5, 5.41) is 3.78. The Balaban J connectivity index is 1.67. The largest absolute Gasteiger partial charge is 0.487 e. The highest BCUT2D eigenvalue weighted by atomic mass is 16.5. The van der Waals surface area contributed by atoms with Crippen LogP contribution in [0.4, 0.5) is 5.69 Å². The second kappa shape index (κ2) is 5.59. The lowest BCUT2D eigenvalue weighted by atomic mass is 9.85. The van der Waals surface area contributed by atoms with E-state index in [1.54, 1.807) is 0 Å².